The highest BCUT2D eigenvalue weighted by Crippen LogP contribution is 2.33. The molecule has 5 rings (SSSR count). The van der Waals surface area contributed by atoms with Gasteiger partial charge in [0.25, 0.3) is 5.56 Å². The van der Waals surface area contributed by atoms with Crippen LogP contribution in [0, 0.1) is 5.92 Å². The van der Waals surface area contributed by atoms with Gasteiger partial charge in [0.2, 0.25) is 5.91 Å². The fourth-order valence-corrected chi connectivity index (χ4v) is 5.35. The van der Waals surface area contributed by atoms with Crippen LogP contribution in [0.4, 0.5) is 0 Å². The minimum absolute atomic E-state index is 0.0461. The van der Waals surface area contributed by atoms with Crippen LogP contribution in [0.25, 0.3) is 0 Å². The Morgan fingerprint density at radius 2 is 1.85 bits per heavy atom. The molecule has 3 heterocycles. The summed E-state index contributed by atoms with van der Waals surface area (Å²) in [7, 11) is 0. The highest BCUT2D eigenvalue weighted by Gasteiger charge is 2.35. The molecule has 6 heteroatoms. The Bertz CT molecular complexity index is 779. The first kappa shape index (κ1) is 17.4. The number of nitrogens with one attached hydrogen (secondary N) is 1. The summed E-state index contributed by atoms with van der Waals surface area (Å²) < 4.78 is 0. The molecule has 27 heavy (non-hydrogen) atoms. The van der Waals surface area contributed by atoms with Gasteiger partial charge in [-0.25, -0.2) is 4.98 Å². The van der Waals surface area contributed by atoms with Crippen LogP contribution in [0.3, 0.4) is 0 Å². The summed E-state index contributed by atoms with van der Waals surface area (Å²) in [4.78, 5) is 37.7. The number of fused-ring (bicyclic) bond motifs is 1. The summed E-state index contributed by atoms with van der Waals surface area (Å²) >= 11 is 0. The second kappa shape index (κ2) is 7.04. The SMILES string of the molecule is O=C(C1CCC1)N1CCC(c2nc3c(c(=O)[nH]2)CCN(C2CCCC2)C3)C1. The maximum absolute atomic E-state index is 12.7. The van der Waals surface area contributed by atoms with E-state index in [1.54, 1.807) is 0 Å². The lowest BCUT2D eigenvalue weighted by molar-refractivity contribution is -0.137. The van der Waals surface area contributed by atoms with Crippen molar-refractivity contribution in [3.63, 3.8) is 0 Å². The summed E-state index contributed by atoms with van der Waals surface area (Å²) in [5, 5.41) is 0. The van der Waals surface area contributed by atoms with Crippen LogP contribution in [0.5, 0.6) is 0 Å². The molecule has 1 N–H and O–H groups in total. The topological polar surface area (TPSA) is 69.3 Å². The summed E-state index contributed by atoms with van der Waals surface area (Å²) in [5.41, 5.74) is 1.91. The van der Waals surface area contributed by atoms with Crippen LogP contribution in [-0.2, 0) is 17.8 Å². The molecule has 0 bridgehead atoms. The molecule has 3 fully saturated rings. The zero-order valence-corrected chi connectivity index (χ0v) is 16.1. The first-order valence-electron chi connectivity index (χ1n) is 10.8. The van der Waals surface area contributed by atoms with E-state index in [-0.39, 0.29) is 17.4 Å². The molecule has 4 aliphatic rings. The standard InChI is InChI=1S/C21H30N4O2/c26-20-17-9-11-24(16-6-1-2-7-16)13-18(17)22-19(23-20)15-8-10-25(12-15)21(27)14-4-3-5-14/h14-16H,1-13H2,(H,22,23,26). The number of nitrogens with zero attached hydrogens (tertiary/aromatic N) is 3. The van der Waals surface area contributed by atoms with E-state index in [0.29, 0.717) is 18.5 Å². The molecule has 0 radical (unpaired) electrons. The fraction of sp³-hybridized carbons (Fsp3) is 0.762. The average Bonchev–Trinajstić information content (AvgIpc) is 3.32. The zero-order chi connectivity index (χ0) is 18.4. The second-order valence-electron chi connectivity index (χ2n) is 8.93. The molecule has 2 aliphatic heterocycles. The van der Waals surface area contributed by atoms with Gasteiger partial charge < -0.3 is 9.88 Å². The molecule has 2 aliphatic carbocycles. The van der Waals surface area contributed by atoms with E-state index in [9.17, 15) is 9.59 Å². The van der Waals surface area contributed by atoms with Gasteiger partial charge in [-0.05, 0) is 38.5 Å². The van der Waals surface area contributed by atoms with Gasteiger partial charge in [0.1, 0.15) is 5.82 Å². The van der Waals surface area contributed by atoms with Crippen LogP contribution in [0.15, 0.2) is 4.79 Å². The number of rotatable bonds is 3. The number of carbonyl (C=O) groups excluding carboxylic acids is 1. The predicted octanol–water partition coefficient (Wildman–Crippen LogP) is 2.19. The third-order valence-corrected chi connectivity index (χ3v) is 7.30. The molecule has 146 valence electrons. The van der Waals surface area contributed by atoms with Crippen molar-refractivity contribution in [2.45, 2.75) is 76.3 Å². The van der Waals surface area contributed by atoms with Gasteiger partial charge in [0.15, 0.2) is 0 Å². The van der Waals surface area contributed by atoms with E-state index in [1.165, 1.54) is 32.1 Å². The highest BCUT2D eigenvalue weighted by atomic mass is 16.2. The zero-order valence-electron chi connectivity index (χ0n) is 16.1. The minimum Gasteiger partial charge on any atom is -0.342 e. The summed E-state index contributed by atoms with van der Waals surface area (Å²) in [6.07, 6.45) is 10.2. The van der Waals surface area contributed by atoms with Crippen LogP contribution < -0.4 is 5.56 Å². The van der Waals surface area contributed by atoms with Gasteiger partial charge in [-0.1, -0.05) is 19.3 Å². The third-order valence-electron chi connectivity index (χ3n) is 7.30. The van der Waals surface area contributed by atoms with Gasteiger partial charge >= 0.3 is 0 Å². The normalized spacial score (nSPS) is 27.0. The van der Waals surface area contributed by atoms with E-state index in [2.05, 4.69) is 9.88 Å². The Morgan fingerprint density at radius 3 is 2.59 bits per heavy atom. The Hall–Kier alpha value is -1.69. The number of aromatic nitrogens is 2. The van der Waals surface area contributed by atoms with Crippen LogP contribution in [0.1, 0.15) is 74.4 Å². The van der Waals surface area contributed by atoms with Crippen LogP contribution >= 0.6 is 0 Å². The van der Waals surface area contributed by atoms with Crippen molar-refractivity contribution in [1.82, 2.24) is 19.8 Å². The van der Waals surface area contributed by atoms with Crippen LogP contribution in [0.2, 0.25) is 0 Å². The van der Waals surface area contributed by atoms with E-state index in [1.807, 2.05) is 4.90 Å². The summed E-state index contributed by atoms with van der Waals surface area (Å²) in [5.74, 6) is 1.54. The van der Waals surface area contributed by atoms with Crippen molar-refractivity contribution in [2.24, 2.45) is 5.92 Å². The van der Waals surface area contributed by atoms with Crippen LogP contribution in [-0.4, -0.2) is 51.4 Å². The molecular weight excluding hydrogens is 340 g/mol. The molecule has 0 spiro atoms. The molecule has 1 unspecified atom stereocenters. The van der Waals surface area contributed by atoms with Crippen molar-refractivity contribution in [3.05, 3.63) is 27.4 Å². The van der Waals surface area contributed by atoms with Gasteiger partial charge in [0.05, 0.1) is 5.69 Å². The minimum atomic E-state index is 0.0461. The average molecular weight is 370 g/mol. The summed E-state index contributed by atoms with van der Waals surface area (Å²) in [6.45, 7) is 3.31. The van der Waals surface area contributed by atoms with E-state index >= 15 is 0 Å². The lowest BCUT2D eigenvalue weighted by atomic mass is 9.84. The number of hydrogen-bond acceptors (Lipinski definition) is 4. The van der Waals surface area contributed by atoms with Crippen molar-refractivity contribution in [1.29, 1.82) is 0 Å². The highest BCUT2D eigenvalue weighted by molar-refractivity contribution is 5.80. The molecular formula is C21H30N4O2. The molecule has 2 saturated carbocycles. The van der Waals surface area contributed by atoms with Crippen molar-refractivity contribution < 1.29 is 4.79 Å². The number of amides is 1. The quantitative estimate of drug-likeness (QED) is 0.885. The molecule has 1 amide bonds. The Balaban J connectivity index is 1.32. The number of aromatic amines is 1. The van der Waals surface area contributed by atoms with Crippen molar-refractivity contribution >= 4 is 5.91 Å². The first-order chi connectivity index (χ1) is 13.2. The first-order valence-corrected chi connectivity index (χ1v) is 10.8. The predicted molar refractivity (Wildman–Crippen MR) is 103 cm³/mol. The Kier molecular flexibility index (Phi) is 4.54. The third kappa shape index (κ3) is 3.22. The molecule has 1 atom stereocenters. The molecule has 1 aromatic rings. The Morgan fingerprint density at radius 1 is 1.04 bits per heavy atom. The number of H-pyrrole nitrogens is 1. The van der Waals surface area contributed by atoms with E-state index in [0.717, 1.165) is 62.4 Å². The summed E-state index contributed by atoms with van der Waals surface area (Å²) in [6, 6.07) is 0.671. The smallest absolute Gasteiger partial charge is 0.254 e. The van der Waals surface area contributed by atoms with Gasteiger partial charge in [0, 0.05) is 49.6 Å². The number of hydrogen-bond donors (Lipinski definition) is 1. The van der Waals surface area contributed by atoms with Gasteiger partial charge in [-0.2, -0.15) is 0 Å². The largest absolute Gasteiger partial charge is 0.342 e. The monoisotopic (exact) mass is 370 g/mol. The van der Waals surface area contributed by atoms with E-state index < -0.39 is 0 Å². The maximum Gasteiger partial charge on any atom is 0.254 e. The maximum atomic E-state index is 12.7. The molecule has 1 aromatic heterocycles. The van der Waals surface area contributed by atoms with Gasteiger partial charge in [-0.15, -0.1) is 0 Å². The fourth-order valence-electron chi connectivity index (χ4n) is 5.35. The number of carbonyl (C=O) groups is 1. The van der Waals surface area contributed by atoms with E-state index in [4.69, 9.17) is 4.98 Å². The van der Waals surface area contributed by atoms with Gasteiger partial charge in [-0.3, -0.25) is 14.5 Å². The Labute approximate surface area is 160 Å². The molecule has 0 aromatic carbocycles. The molecule has 6 nitrogen and oxygen atoms in total. The molecule has 1 saturated heterocycles. The lowest BCUT2D eigenvalue weighted by Gasteiger charge is -2.33. The second-order valence-corrected chi connectivity index (χ2v) is 8.93. The number of likely N-dealkylation sites (tertiary alicyclic amines) is 1. The van der Waals surface area contributed by atoms with Crippen molar-refractivity contribution in [2.75, 3.05) is 19.6 Å². The van der Waals surface area contributed by atoms with Crippen molar-refractivity contribution in [3.8, 4) is 0 Å². The lowest BCUT2D eigenvalue weighted by Crippen LogP contribution is -2.41.